The van der Waals surface area contributed by atoms with Gasteiger partial charge in [-0.1, -0.05) is 35.5 Å². The summed E-state index contributed by atoms with van der Waals surface area (Å²) in [6.45, 7) is 1.96. The number of carbonyl (C=O) groups is 1. The van der Waals surface area contributed by atoms with E-state index in [4.69, 9.17) is 16.0 Å². The molecular formula is C18H13ClN4O2S2. The first kappa shape index (κ1) is 18.0. The second kappa shape index (κ2) is 7.67. The van der Waals surface area contributed by atoms with E-state index >= 15 is 0 Å². The molecule has 0 saturated carbocycles. The maximum absolute atomic E-state index is 12.2. The van der Waals surface area contributed by atoms with Crippen molar-refractivity contribution in [3.63, 3.8) is 0 Å². The molecule has 2 heterocycles. The van der Waals surface area contributed by atoms with Crippen molar-refractivity contribution >= 4 is 56.5 Å². The maximum atomic E-state index is 12.2. The highest BCUT2D eigenvalue weighted by molar-refractivity contribution is 7.99. The highest BCUT2D eigenvalue weighted by Gasteiger charge is 2.13. The van der Waals surface area contributed by atoms with E-state index in [2.05, 4.69) is 20.5 Å². The zero-order valence-corrected chi connectivity index (χ0v) is 16.5. The number of halogens is 1. The lowest BCUT2D eigenvalue weighted by atomic mass is 10.2. The minimum atomic E-state index is -0.155. The average molecular weight is 417 g/mol. The van der Waals surface area contributed by atoms with Crippen LogP contribution in [0.1, 0.15) is 5.01 Å². The van der Waals surface area contributed by atoms with Crippen LogP contribution in [-0.2, 0) is 4.79 Å². The largest absolute Gasteiger partial charge is 0.411 e. The van der Waals surface area contributed by atoms with Gasteiger partial charge in [-0.15, -0.1) is 21.5 Å². The lowest BCUT2D eigenvalue weighted by Gasteiger charge is -2.03. The van der Waals surface area contributed by atoms with Gasteiger partial charge >= 0.3 is 0 Å². The molecule has 4 aromatic rings. The Labute approximate surface area is 168 Å². The molecule has 1 N–H and O–H groups in total. The molecule has 27 heavy (non-hydrogen) atoms. The third-order valence-electron chi connectivity index (χ3n) is 3.62. The second-order valence-electron chi connectivity index (χ2n) is 5.61. The zero-order valence-electron chi connectivity index (χ0n) is 14.1. The molecule has 136 valence electrons. The van der Waals surface area contributed by atoms with Gasteiger partial charge in [0.15, 0.2) is 0 Å². The highest BCUT2D eigenvalue weighted by Crippen LogP contribution is 2.29. The van der Waals surface area contributed by atoms with Gasteiger partial charge in [0.1, 0.15) is 0 Å². The van der Waals surface area contributed by atoms with Gasteiger partial charge < -0.3 is 9.73 Å². The van der Waals surface area contributed by atoms with Gasteiger partial charge in [-0.05, 0) is 37.3 Å². The Kier molecular flexibility index (Phi) is 5.11. The number of thiazole rings is 1. The van der Waals surface area contributed by atoms with Gasteiger partial charge in [0, 0.05) is 5.69 Å². The Morgan fingerprint density at radius 2 is 2.11 bits per heavy atom. The fourth-order valence-corrected chi connectivity index (χ4v) is 4.10. The quantitative estimate of drug-likeness (QED) is 0.459. The Balaban J connectivity index is 1.38. The molecule has 0 atom stereocenters. The number of nitrogens with one attached hydrogen (secondary N) is 1. The van der Waals surface area contributed by atoms with Crippen molar-refractivity contribution in [2.75, 3.05) is 11.1 Å². The Hall–Kier alpha value is -2.42. The fraction of sp³-hybridized carbons (Fsp3) is 0.111. The van der Waals surface area contributed by atoms with Crippen molar-refractivity contribution in [2.24, 2.45) is 0 Å². The highest BCUT2D eigenvalue weighted by atomic mass is 35.5. The molecule has 0 aliphatic carbocycles. The van der Waals surface area contributed by atoms with Crippen LogP contribution in [0.5, 0.6) is 0 Å². The summed E-state index contributed by atoms with van der Waals surface area (Å²) in [7, 11) is 0. The van der Waals surface area contributed by atoms with E-state index in [9.17, 15) is 4.79 Å². The molecule has 2 aromatic carbocycles. The number of fused-ring (bicyclic) bond motifs is 1. The summed E-state index contributed by atoms with van der Waals surface area (Å²) in [5, 5.41) is 12.7. The zero-order chi connectivity index (χ0) is 18.8. The number of carbonyl (C=O) groups excluding carboxylic acids is 1. The van der Waals surface area contributed by atoms with Crippen LogP contribution in [0.15, 0.2) is 52.1 Å². The molecule has 0 bridgehead atoms. The molecule has 1 amide bonds. The summed E-state index contributed by atoms with van der Waals surface area (Å²) in [6.07, 6.45) is 0. The number of thioether (sulfide) groups is 1. The predicted octanol–water partition coefficient (Wildman–Crippen LogP) is 5.04. The van der Waals surface area contributed by atoms with E-state index in [1.54, 1.807) is 23.5 Å². The SMILES string of the molecule is Cc1nc2ccc(NC(=O)CSc3nnc(-c4ccccc4Cl)o3)cc2s1. The first-order valence-electron chi connectivity index (χ1n) is 7.97. The van der Waals surface area contributed by atoms with Crippen molar-refractivity contribution in [1.82, 2.24) is 15.2 Å². The van der Waals surface area contributed by atoms with E-state index in [1.165, 1.54) is 11.8 Å². The van der Waals surface area contributed by atoms with Crippen LogP contribution in [0, 0.1) is 6.92 Å². The lowest BCUT2D eigenvalue weighted by Crippen LogP contribution is -2.13. The van der Waals surface area contributed by atoms with E-state index < -0.39 is 0 Å². The molecule has 0 spiro atoms. The van der Waals surface area contributed by atoms with Gasteiger partial charge in [0.25, 0.3) is 5.22 Å². The second-order valence-corrected chi connectivity index (χ2v) is 8.17. The third-order valence-corrected chi connectivity index (χ3v) is 5.70. The van der Waals surface area contributed by atoms with Crippen LogP contribution in [0.2, 0.25) is 5.02 Å². The summed E-state index contributed by atoms with van der Waals surface area (Å²) in [6, 6.07) is 12.9. The standard InChI is InChI=1S/C18H13ClN4O2S2/c1-10-20-14-7-6-11(8-15(14)27-10)21-16(24)9-26-18-23-22-17(25-18)12-4-2-3-5-13(12)19/h2-8H,9H2,1H3,(H,21,24). The van der Waals surface area contributed by atoms with Gasteiger partial charge in [0.05, 0.1) is 31.6 Å². The Morgan fingerprint density at radius 3 is 2.96 bits per heavy atom. The minimum absolute atomic E-state index is 0.155. The summed E-state index contributed by atoms with van der Waals surface area (Å²) >= 11 is 8.89. The summed E-state index contributed by atoms with van der Waals surface area (Å²) < 4.78 is 6.62. The number of anilines is 1. The van der Waals surface area contributed by atoms with Gasteiger partial charge in [-0.2, -0.15) is 0 Å². The number of benzene rings is 2. The third kappa shape index (κ3) is 4.13. The molecule has 4 rings (SSSR count). The van der Waals surface area contributed by atoms with Crippen LogP contribution in [0.25, 0.3) is 21.7 Å². The van der Waals surface area contributed by atoms with E-state index in [1.807, 2.05) is 37.3 Å². The molecule has 9 heteroatoms. The first-order valence-corrected chi connectivity index (χ1v) is 10.1. The summed E-state index contributed by atoms with van der Waals surface area (Å²) in [5.74, 6) is 0.330. The van der Waals surface area contributed by atoms with E-state index in [-0.39, 0.29) is 11.7 Å². The number of hydrogen-bond acceptors (Lipinski definition) is 7. The summed E-state index contributed by atoms with van der Waals surface area (Å²) in [5.41, 5.74) is 2.33. The van der Waals surface area contributed by atoms with Crippen LogP contribution in [0.4, 0.5) is 5.69 Å². The summed E-state index contributed by atoms with van der Waals surface area (Å²) in [4.78, 5) is 16.6. The topological polar surface area (TPSA) is 80.9 Å². The number of aryl methyl sites for hydroxylation is 1. The molecule has 0 saturated heterocycles. The molecule has 0 aliphatic heterocycles. The smallest absolute Gasteiger partial charge is 0.277 e. The number of amides is 1. The maximum Gasteiger partial charge on any atom is 0.277 e. The van der Waals surface area contributed by atoms with Crippen molar-refractivity contribution in [2.45, 2.75) is 12.1 Å². The molecule has 0 unspecified atom stereocenters. The van der Waals surface area contributed by atoms with Crippen molar-refractivity contribution in [3.8, 4) is 11.5 Å². The fourth-order valence-electron chi connectivity index (χ4n) is 2.45. The van der Waals surface area contributed by atoms with Gasteiger partial charge in [-0.3, -0.25) is 4.79 Å². The number of rotatable bonds is 5. The minimum Gasteiger partial charge on any atom is -0.411 e. The van der Waals surface area contributed by atoms with Crippen LogP contribution < -0.4 is 5.32 Å². The molecule has 0 radical (unpaired) electrons. The molecule has 0 fully saturated rings. The van der Waals surface area contributed by atoms with Crippen LogP contribution >= 0.6 is 34.7 Å². The molecular weight excluding hydrogens is 404 g/mol. The molecule has 6 nitrogen and oxygen atoms in total. The van der Waals surface area contributed by atoms with Gasteiger partial charge in [0.2, 0.25) is 11.8 Å². The normalized spacial score (nSPS) is 11.0. The number of nitrogens with zero attached hydrogens (tertiary/aromatic N) is 3. The Bertz CT molecular complexity index is 1130. The predicted molar refractivity (Wildman–Crippen MR) is 108 cm³/mol. The molecule has 0 aliphatic rings. The van der Waals surface area contributed by atoms with Crippen molar-refractivity contribution < 1.29 is 9.21 Å². The number of aromatic nitrogens is 3. The van der Waals surface area contributed by atoms with Crippen LogP contribution in [0.3, 0.4) is 0 Å². The van der Waals surface area contributed by atoms with Crippen molar-refractivity contribution in [3.05, 3.63) is 52.5 Å². The monoisotopic (exact) mass is 416 g/mol. The van der Waals surface area contributed by atoms with Crippen molar-refractivity contribution in [1.29, 1.82) is 0 Å². The van der Waals surface area contributed by atoms with E-state index in [0.717, 1.165) is 20.9 Å². The number of hydrogen-bond donors (Lipinski definition) is 1. The Morgan fingerprint density at radius 1 is 1.26 bits per heavy atom. The van der Waals surface area contributed by atoms with Crippen LogP contribution in [-0.4, -0.2) is 26.8 Å². The van der Waals surface area contributed by atoms with E-state index in [0.29, 0.717) is 21.7 Å². The average Bonchev–Trinajstić information content (AvgIpc) is 3.25. The van der Waals surface area contributed by atoms with Gasteiger partial charge in [-0.25, -0.2) is 4.98 Å². The molecule has 2 aromatic heterocycles. The lowest BCUT2D eigenvalue weighted by molar-refractivity contribution is -0.113. The first-order chi connectivity index (χ1) is 13.1.